The van der Waals surface area contributed by atoms with Crippen LogP contribution in [0.25, 0.3) is 0 Å². The van der Waals surface area contributed by atoms with E-state index in [9.17, 15) is 0 Å². The van der Waals surface area contributed by atoms with Crippen LogP contribution in [0.15, 0.2) is 16.7 Å². The Bertz CT molecular complexity index is 219. The maximum absolute atomic E-state index is 5.60. The Balaban J connectivity index is 2.96. The van der Waals surface area contributed by atoms with Gasteiger partial charge in [0, 0.05) is 0 Å². The molecule has 0 bridgehead atoms. The minimum atomic E-state index is 0.136. The highest BCUT2D eigenvalue weighted by molar-refractivity contribution is 6.28. The van der Waals surface area contributed by atoms with Crippen LogP contribution in [0.1, 0.15) is 26.3 Å². The molecule has 0 unspecified atom stereocenters. The predicted octanol–water partition coefficient (Wildman–Crippen LogP) is 3.23. The minimum Gasteiger partial charge on any atom is -0.453 e. The van der Waals surface area contributed by atoms with Crippen molar-refractivity contribution < 1.29 is 4.42 Å². The lowest BCUT2D eigenvalue weighted by Gasteiger charge is -2.14. The molecule has 10 heavy (non-hydrogen) atoms. The van der Waals surface area contributed by atoms with Crippen LogP contribution in [0.3, 0.4) is 0 Å². The third-order valence-corrected chi connectivity index (χ3v) is 1.63. The molecule has 0 saturated carbocycles. The Morgan fingerprint density at radius 3 is 2.20 bits per heavy atom. The molecule has 1 aromatic heterocycles. The fraction of sp³-hybridized carbons (Fsp3) is 0.500. The van der Waals surface area contributed by atoms with Gasteiger partial charge in [-0.3, -0.25) is 0 Å². The van der Waals surface area contributed by atoms with E-state index in [2.05, 4.69) is 20.8 Å². The van der Waals surface area contributed by atoms with Gasteiger partial charge in [0.2, 0.25) is 0 Å². The fourth-order valence-electron chi connectivity index (χ4n) is 0.703. The maximum atomic E-state index is 5.60. The first kappa shape index (κ1) is 7.67. The van der Waals surface area contributed by atoms with E-state index in [0.717, 1.165) is 5.56 Å². The third-order valence-electron chi connectivity index (χ3n) is 1.43. The lowest BCUT2D eigenvalue weighted by molar-refractivity contribution is 0.538. The van der Waals surface area contributed by atoms with E-state index in [-0.39, 0.29) is 5.41 Å². The second kappa shape index (κ2) is 2.31. The molecule has 1 nitrogen and oxygen atoms in total. The zero-order chi connectivity index (χ0) is 7.78. The van der Waals surface area contributed by atoms with Crippen molar-refractivity contribution in [3.8, 4) is 0 Å². The van der Waals surface area contributed by atoms with Gasteiger partial charge in [0.25, 0.3) is 0 Å². The van der Waals surface area contributed by atoms with Crippen LogP contribution in [0.4, 0.5) is 0 Å². The van der Waals surface area contributed by atoms with E-state index in [1.807, 2.05) is 6.07 Å². The van der Waals surface area contributed by atoms with Gasteiger partial charge >= 0.3 is 0 Å². The van der Waals surface area contributed by atoms with Crippen molar-refractivity contribution in [3.63, 3.8) is 0 Å². The molecular weight excluding hydrogens is 148 g/mol. The molecule has 0 aliphatic heterocycles. The molecule has 0 aliphatic carbocycles. The Morgan fingerprint density at radius 2 is 2.00 bits per heavy atom. The number of furan rings is 1. The number of hydrogen-bond acceptors (Lipinski definition) is 1. The maximum Gasteiger partial charge on any atom is 0.193 e. The SMILES string of the molecule is CC(C)(C)c1coc(Cl)c1. The van der Waals surface area contributed by atoms with E-state index < -0.39 is 0 Å². The molecule has 2 heteroatoms. The molecule has 1 aromatic rings. The molecule has 0 spiro atoms. The summed E-state index contributed by atoms with van der Waals surface area (Å²) in [4.78, 5) is 0. The number of rotatable bonds is 0. The van der Waals surface area contributed by atoms with Crippen LogP contribution >= 0.6 is 11.6 Å². The number of hydrogen-bond donors (Lipinski definition) is 0. The summed E-state index contributed by atoms with van der Waals surface area (Å²) in [6, 6.07) is 1.85. The van der Waals surface area contributed by atoms with Gasteiger partial charge in [0.1, 0.15) is 0 Å². The standard InChI is InChI=1S/C8H11ClO/c1-8(2,3)6-4-7(9)10-5-6/h4-5H,1-3H3. The predicted molar refractivity (Wildman–Crippen MR) is 42.4 cm³/mol. The summed E-state index contributed by atoms with van der Waals surface area (Å²) < 4.78 is 4.96. The highest BCUT2D eigenvalue weighted by Crippen LogP contribution is 2.25. The molecular formula is C8H11ClO. The summed E-state index contributed by atoms with van der Waals surface area (Å²) in [6.07, 6.45) is 1.70. The normalized spacial score (nSPS) is 12.0. The van der Waals surface area contributed by atoms with Crippen LogP contribution in [-0.4, -0.2) is 0 Å². The summed E-state index contributed by atoms with van der Waals surface area (Å²) in [5.41, 5.74) is 1.27. The van der Waals surface area contributed by atoms with Crippen LogP contribution in [-0.2, 0) is 5.41 Å². The summed E-state index contributed by atoms with van der Waals surface area (Å²) in [5, 5.41) is 0.463. The van der Waals surface area contributed by atoms with Gasteiger partial charge in [-0.1, -0.05) is 20.8 Å². The molecule has 0 amide bonds. The van der Waals surface area contributed by atoms with Crippen molar-refractivity contribution in [2.45, 2.75) is 26.2 Å². The zero-order valence-corrected chi connectivity index (χ0v) is 7.20. The minimum absolute atomic E-state index is 0.136. The van der Waals surface area contributed by atoms with E-state index in [1.54, 1.807) is 6.26 Å². The summed E-state index contributed by atoms with van der Waals surface area (Å²) in [7, 11) is 0. The van der Waals surface area contributed by atoms with E-state index in [4.69, 9.17) is 16.0 Å². The lowest BCUT2D eigenvalue weighted by atomic mass is 9.89. The first-order valence-corrected chi connectivity index (χ1v) is 3.62. The second-order valence-electron chi connectivity index (χ2n) is 3.39. The van der Waals surface area contributed by atoms with Crippen molar-refractivity contribution in [2.24, 2.45) is 0 Å². The van der Waals surface area contributed by atoms with Gasteiger partial charge in [-0.25, -0.2) is 0 Å². The quantitative estimate of drug-likeness (QED) is 0.565. The van der Waals surface area contributed by atoms with Gasteiger partial charge in [0.05, 0.1) is 6.26 Å². The molecule has 56 valence electrons. The van der Waals surface area contributed by atoms with Crippen molar-refractivity contribution in [2.75, 3.05) is 0 Å². The van der Waals surface area contributed by atoms with Crippen LogP contribution in [0.2, 0.25) is 5.22 Å². The Hall–Kier alpha value is -0.430. The zero-order valence-electron chi connectivity index (χ0n) is 6.44. The Morgan fingerprint density at radius 1 is 1.40 bits per heavy atom. The first-order chi connectivity index (χ1) is 4.50. The third kappa shape index (κ3) is 1.54. The Labute approximate surface area is 66.0 Å². The van der Waals surface area contributed by atoms with Crippen molar-refractivity contribution in [1.29, 1.82) is 0 Å². The van der Waals surface area contributed by atoms with E-state index in [0.29, 0.717) is 5.22 Å². The van der Waals surface area contributed by atoms with Gasteiger partial charge in [-0.15, -0.1) is 0 Å². The average molecular weight is 159 g/mol. The monoisotopic (exact) mass is 158 g/mol. The van der Waals surface area contributed by atoms with Crippen molar-refractivity contribution in [1.82, 2.24) is 0 Å². The van der Waals surface area contributed by atoms with Gasteiger partial charge in [-0.2, -0.15) is 0 Å². The average Bonchev–Trinajstić information content (AvgIpc) is 2.11. The topological polar surface area (TPSA) is 13.1 Å². The molecule has 0 aliphatic rings. The molecule has 0 aromatic carbocycles. The molecule has 0 N–H and O–H groups in total. The van der Waals surface area contributed by atoms with Gasteiger partial charge < -0.3 is 4.42 Å². The summed E-state index contributed by atoms with van der Waals surface area (Å²) >= 11 is 5.60. The van der Waals surface area contributed by atoms with Gasteiger partial charge in [-0.05, 0) is 28.6 Å². The van der Waals surface area contributed by atoms with E-state index in [1.165, 1.54) is 0 Å². The highest BCUT2D eigenvalue weighted by Gasteiger charge is 2.15. The molecule has 0 fully saturated rings. The second-order valence-corrected chi connectivity index (χ2v) is 3.76. The molecule has 0 atom stereocenters. The molecule has 0 radical (unpaired) electrons. The lowest BCUT2D eigenvalue weighted by Crippen LogP contribution is -2.08. The Kier molecular flexibility index (Phi) is 1.78. The van der Waals surface area contributed by atoms with E-state index >= 15 is 0 Å². The first-order valence-electron chi connectivity index (χ1n) is 3.24. The molecule has 0 saturated heterocycles. The highest BCUT2D eigenvalue weighted by atomic mass is 35.5. The molecule has 1 rings (SSSR count). The smallest absolute Gasteiger partial charge is 0.193 e. The summed E-state index contributed by atoms with van der Waals surface area (Å²) in [5.74, 6) is 0. The van der Waals surface area contributed by atoms with Gasteiger partial charge in [0.15, 0.2) is 5.22 Å². The number of halogens is 1. The largest absolute Gasteiger partial charge is 0.453 e. The van der Waals surface area contributed by atoms with Crippen molar-refractivity contribution in [3.05, 3.63) is 23.1 Å². The van der Waals surface area contributed by atoms with Crippen molar-refractivity contribution >= 4 is 11.6 Å². The fourth-order valence-corrected chi connectivity index (χ4v) is 0.865. The van der Waals surface area contributed by atoms with Crippen LogP contribution < -0.4 is 0 Å². The van der Waals surface area contributed by atoms with Crippen LogP contribution in [0, 0.1) is 0 Å². The van der Waals surface area contributed by atoms with Crippen LogP contribution in [0.5, 0.6) is 0 Å². The summed E-state index contributed by atoms with van der Waals surface area (Å²) in [6.45, 7) is 6.36. The molecule has 1 heterocycles.